The molecule has 0 saturated carbocycles. The first-order chi connectivity index (χ1) is 7.67. The lowest BCUT2D eigenvalue weighted by molar-refractivity contribution is 0.161. The zero-order chi connectivity index (χ0) is 12.0. The zero-order valence-corrected chi connectivity index (χ0v) is 13.5. The molecule has 1 unspecified atom stereocenters. The van der Waals surface area contributed by atoms with Crippen LogP contribution in [0.3, 0.4) is 0 Å². The Morgan fingerprint density at radius 3 is 2.75 bits per heavy atom. The third-order valence-corrected chi connectivity index (χ3v) is 5.52. The van der Waals surface area contributed by atoms with Gasteiger partial charge in [-0.25, -0.2) is 0 Å². The number of nitrogens with one attached hydrogen (secondary N) is 1. The summed E-state index contributed by atoms with van der Waals surface area (Å²) in [5.74, 6) is 0. The summed E-state index contributed by atoms with van der Waals surface area (Å²) in [6, 6.07) is 2.60. The standard InChI is InChI=1S/C11H17Br2NOS/c1-3-4-8(7-15-2)14-6-9-5-10(12)11(13)16-9/h5,8,14H,3-4,6-7H2,1-2H3. The highest BCUT2D eigenvalue weighted by molar-refractivity contribution is 9.13. The molecular formula is C11H17Br2NOS. The summed E-state index contributed by atoms with van der Waals surface area (Å²) in [6.07, 6.45) is 2.33. The molecule has 1 aromatic heterocycles. The van der Waals surface area contributed by atoms with Crippen molar-refractivity contribution in [1.29, 1.82) is 0 Å². The molecule has 0 aromatic carbocycles. The van der Waals surface area contributed by atoms with Crippen LogP contribution in [-0.2, 0) is 11.3 Å². The monoisotopic (exact) mass is 369 g/mol. The second-order valence-electron chi connectivity index (χ2n) is 3.66. The van der Waals surface area contributed by atoms with Gasteiger partial charge in [0.1, 0.15) is 0 Å². The predicted molar refractivity (Wildman–Crippen MR) is 77.1 cm³/mol. The molecule has 92 valence electrons. The van der Waals surface area contributed by atoms with Crippen LogP contribution in [0.4, 0.5) is 0 Å². The van der Waals surface area contributed by atoms with Crippen molar-refractivity contribution in [3.63, 3.8) is 0 Å². The Morgan fingerprint density at radius 2 is 2.25 bits per heavy atom. The van der Waals surface area contributed by atoms with Crippen molar-refractivity contribution in [1.82, 2.24) is 5.32 Å². The molecular weight excluding hydrogens is 354 g/mol. The average molecular weight is 371 g/mol. The molecule has 5 heteroatoms. The molecule has 0 radical (unpaired) electrons. The maximum absolute atomic E-state index is 5.20. The van der Waals surface area contributed by atoms with E-state index in [9.17, 15) is 0 Å². The molecule has 0 aliphatic rings. The Labute approximate surface area is 118 Å². The molecule has 0 aliphatic heterocycles. The maximum atomic E-state index is 5.20. The van der Waals surface area contributed by atoms with Gasteiger partial charge in [-0.1, -0.05) is 13.3 Å². The van der Waals surface area contributed by atoms with E-state index in [1.165, 1.54) is 11.3 Å². The van der Waals surface area contributed by atoms with E-state index in [4.69, 9.17) is 4.74 Å². The normalized spacial score (nSPS) is 13.0. The van der Waals surface area contributed by atoms with Gasteiger partial charge in [0, 0.05) is 29.0 Å². The third kappa shape index (κ3) is 4.84. The summed E-state index contributed by atoms with van der Waals surface area (Å²) in [4.78, 5) is 1.33. The fourth-order valence-corrected chi connectivity index (χ4v) is 3.65. The number of halogens is 2. The molecule has 1 aromatic rings. The van der Waals surface area contributed by atoms with Crippen LogP contribution >= 0.6 is 43.2 Å². The smallest absolute Gasteiger partial charge is 0.0843 e. The predicted octanol–water partition coefficient (Wildman–Crippen LogP) is 4.18. The van der Waals surface area contributed by atoms with Crippen molar-refractivity contribution in [2.75, 3.05) is 13.7 Å². The maximum Gasteiger partial charge on any atom is 0.0843 e. The summed E-state index contributed by atoms with van der Waals surface area (Å²) in [5.41, 5.74) is 0. The van der Waals surface area contributed by atoms with Gasteiger partial charge in [0.15, 0.2) is 0 Å². The fourth-order valence-electron chi connectivity index (χ4n) is 1.52. The molecule has 0 spiro atoms. The molecule has 1 rings (SSSR count). The van der Waals surface area contributed by atoms with Crippen LogP contribution in [0.25, 0.3) is 0 Å². The van der Waals surface area contributed by atoms with E-state index < -0.39 is 0 Å². The summed E-state index contributed by atoms with van der Waals surface area (Å²) >= 11 is 8.76. The number of methoxy groups -OCH3 is 1. The Morgan fingerprint density at radius 1 is 1.50 bits per heavy atom. The van der Waals surface area contributed by atoms with Crippen molar-refractivity contribution in [2.45, 2.75) is 32.4 Å². The van der Waals surface area contributed by atoms with Crippen LogP contribution in [0.5, 0.6) is 0 Å². The van der Waals surface area contributed by atoms with E-state index in [1.807, 2.05) is 0 Å². The van der Waals surface area contributed by atoms with E-state index in [2.05, 4.69) is 50.2 Å². The molecule has 0 amide bonds. The Hall–Kier alpha value is 0.580. The summed E-state index contributed by atoms with van der Waals surface area (Å²) in [5, 5.41) is 3.52. The van der Waals surface area contributed by atoms with Crippen molar-refractivity contribution < 1.29 is 4.74 Å². The van der Waals surface area contributed by atoms with E-state index in [1.54, 1.807) is 18.4 Å². The van der Waals surface area contributed by atoms with Gasteiger partial charge >= 0.3 is 0 Å². The Bertz CT molecular complexity index is 291. The summed E-state index contributed by atoms with van der Waals surface area (Å²) < 4.78 is 7.48. The van der Waals surface area contributed by atoms with Crippen molar-refractivity contribution >= 4 is 43.2 Å². The van der Waals surface area contributed by atoms with Crippen LogP contribution in [0.2, 0.25) is 0 Å². The lowest BCUT2D eigenvalue weighted by Gasteiger charge is -2.16. The van der Waals surface area contributed by atoms with Gasteiger partial charge in [0.25, 0.3) is 0 Å². The number of thiophene rings is 1. The summed E-state index contributed by atoms with van der Waals surface area (Å²) in [6.45, 7) is 3.88. The molecule has 1 N–H and O–H groups in total. The van der Waals surface area contributed by atoms with E-state index in [-0.39, 0.29) is 0 Å². The molecule has 0 fully saturated rings. The first kappa shape index (κ1) is 14.6. The minimum Gasteiger partial charge on any atom is -0.383 e. The van der Waals surface area contributed by atoms with Crippen molar-refractivity contribution in [3.8, 4) is 0 Å². The Kier molecular flexibility index (Phi) is 7.16. The Balaban J connectivity index is 2.41. The lowest BCUT2D eigenvalue weighted by atomic mass is 10.2. The van der Waals surface area contributed by atoms with Crippen LogP contribution in [0.15, 0.2) is 14.3 Å². The minimum atomic E-state index is 0.453. The highest BCUT2D eigenvalue weighted by atomic mass is 79.9. The van der Waals surface area contributed by atoms with Crippen LogP contribution in [-0.4, -0.2) is 19.8 Å². The van der Waals surface area contributed by atoms with Crippen molar-refractivity contribution in [2.24, 2.45) is 0 Å². The van der Waals surface area contributed by atoms with Crippen LogP contribution < -0.4 is 5.32 Å². The van der Waals surface area contributed by atoms with Gasteiger partial charge < -0.3 is 10.1 Å². The zero-order valence-electron chi connectivity index (χ0n) is 9.56. The molecule has 0 saturated heterocycles. The van der Waals surface area contributed by atoms with Crippen molar-refractivity contribution in [3.05, 3.63) is 19.2 Å². The number of ether oxygens (including phenoxy) is 1. The summed E-state index contributed by atoms with van der Waals surface area (Å²) in [7, 11) is 1.75. The highest BCUT2D eigenvalue weighted by Crippen LogP contribution is 2.32. The number of hydrogen-bond donors (Lipinski definition) is 1. The first-order valence-electron chi connectivity index (χ1n) is 5.33. The van der Waals surface area contributed by atoms with Gasteiger partial charge in [-0.3, -0.25) is 0 Å². The van der Waals surface area contributed by atoms with Gasteiger partial charge in [0.05, 0.1) is 10.4 Å². The topological polar surface area (TPSA) is 21.3 Å². The van der Waals surface area contributed by atoms with Gasteiger partial charge in [0.2, 0.25) is 0 Å². The second kappa shape index (κ2) is 7.82. The molecule has 1 heterocycles. The van der Waals surface area contributed by atoms with Crippen LogP contribution in [0.1, 0.15) is 24.6 Å². The minimum absolute atomic E-state index is 0.453. The third-order valence-electron chi connectivity index (χ3n) is 2.27. The quantitative estimate of drug-likeness (QED) is 0.777. The van der Waals surface area contributed by atoms with Gasteiger partial charge in [-0.05, 0) is 44.3 Å². The van der Waals surface area contributed by atoms with Gasteiger partial charge in [-0.15, -0.1) is 11.3 Å². The highest BCUT2D eigenvalue weighted by Gasteiger charge is 2.08. The molecule has 0 aliphatic carbocycles. The lowest BCUT2D eigenvalue weighted by Crippen LogP contribution is -2.32. The van der Waals surface area contributed by atoms with E-state index in [0.29, 0.717) is 6.04 Å². The largest absolute Gasteiger partial charge is 0.383 e. The molecule has 1 atom stereocenters. The molecule has 16 heavy (non-hydrogen) atoms. The number of rotatable bonds is 7. The molecule has 2 nitrogen and oxygen atoms in total. The fraction of sp³-hybridized carbons (Fsp3) is 0.636. The first-order valence-corrected chi connectivity index (χ1v) is 7.73. The SMILES string of the molecule is CCCC(COC)NCc1cc(Br)c(Br)s1. The number of hydrogen-bond acceptors (Lipinski definition) is 3. The average Bonchev–Trinajstić information content (AvgIpc) is 2.56. The van der Waals surface area contributed by atoms with E-state index in [0.717, 1.165) is 27.8 Å². The van der Waals surface area contributed by atoms with Crippen LogP contribution in [0, 0.1) is 0 Å². The molecule has 0 bridgehead atoms. The van der Waals surface area contributed by atoms with E-state index >= 15 is 0 Å². The van der Waals surface area contributed by atoms with Gasteiger partial charge in [-0.2, -0.15) is 0 Å². The second-order valence-corrected chi connectivity index (χ2v) is 6.97.